The summed E-state index contributed by atoms with van der Waals surface area (Å²) in [5.41, 5.74) is 0.251. The summed E-state index contributed by atoms with van der Waals surface area (Å²) in [6.45, 7) is 0. The molecule has 13 heavy (non-hydrogen) atoms. The Balaban J connectivity index is 3.33. The van der Waals surface area contributed by atoms with Crippen molar-refractivity contribution in [3.8, 4) is 12.1 Å². The van der Waals surface area contributed by atoms with E-state index in [1.807, 2.05) is 0 Å². The number of hydrogen-bond donors (Lipinski definition) is 0. The maximum absolute atomic E-state index is 10.5. The van der Waals surface area contributed by atoms with Crippen molar-refractivity contribution in [3.05, 3.63) is 29.3 Å². The van der Waals surface area contributed by atoms with Gasteiger partial charge in [0.1, 0.15) is 12.1 Å². The number of nitriles is 2. The molecule has 1 rings (SSSR count). The second-order valence-electron chi connectivity index (χ2n) is 2.17. The van der Waals surface area contributed by atoms with Gasteiger partial charge in [0.05, 0.1) is 11.1 Å². The Bertz CT molecular complexity index is 442. The summed E-state index contributed by atoms with van der Waals surface area (Å²) in [7, 11) is 0. The van der Waals surface area contributed by atoms with Gasteiger partial charge in [-0.2, -0.15) is 10.5 Å². The van der Waals surface area contributed by atoms with Gasteiger partial charge in [-0.25, -0.2) is 0 Å². The third kappa shape index (κ3) is 1.91. The summed E-state index contributed by atoms with van der Waals surface area (Å²) in [6, 6.07) is 7.29. The molecule has 0 saturated heterocycles. The Kier molecular flexibility index (Phi) is 2.76. The molecule has 0 fully saturated rings. The predicted octanol–water partition coefficient (Wildman–Crippen LogP) is 0.668. The zero-order valence-corrected chi connectivity index (χ0v) is 7.17. The van der Waals surface area contributed by atoms with Crippen molar-refractivity contribution in [2.45, 2.75) is 4.90 Å². The lowest BCUT2D eigenvalue weighted by atomic mass is 10.1. The molecular weight excluding hydrogens is 188 g/mol. The van der Waals surface area contributed by atoms with Crippen LogP contribution in [-0.2, 0) is 11.1 Å². The molecule has 1 atom stereocenters. The maximum atomic E-state index is 10.5. The van der Waals surface area contributed by atoms with Gasteiger partial charge in [-0.15, -0.1) is 0 Å². The average molecular weight is 191 g/mol. The smallest absolute Gasteiger partial charge is 0.101 e. The fourth-order valence-corrected chi connectivity index (χ4v) is 1.21. The van der Waals surface area contributed by atoms with Gasteiger partial charge >= 0.3 is 0 Å². The van der Waals surface area contributed by atoms with Gasteiger partial charge in [-0.1, -0.05) is 0 Å². The van der Waals surface area contributed by atoms with Crippen LogP contribution in [0.25, 0.3) is 0 Å². The highest BCUT2D eigenvalue weighted by Gasteiger charge is 2.02. The Labute approximate surface area is 77.3 Å². The van der Waals surface area contributed by atoms with Crippen molar-refractivity contribution < 1.29 is 8.76 Å². The van der Waals surface area contributed by atoms with Gasteiger partial charge in [-0.3, -0.25) is 4.21 Å². The van der Waals surface area contributed by atoms with E-state index in [1.165, 1.54) is 18.2 Å². The number of benzene rings is 1. The predicted molar refractivity (Wildman–Crippen MR) is 43.1 cm³/mol. The number of rotatable bonds is 1. The van der Waals surface area contributed by atoms with E-state index < -0.39 is 11.1 Å². The SMILES string of the molecule is N#Cc1ccc(S(=O)[O-])cc1C#N. The fourth-order valence-electron chi connectivity index (χ4n) is 0.817. The molecule has 0 amide bonds. The summed E-state index contributed by atoms with van der Waals surface area (Å²) >= 11 is -2.36. The summed E-state index contributed by atoms with van der Waals surface area (Å²) in [5, 5.41) is 17.1. The molecule has 1 aromatic carbocycles. The van der Waals surface area contributed by atoms with Crippen LogP contribution in [0.2, 0.25) is 0 Å². The molecule has 5 heteroatoms. The highest BCUT2D eigenvalue weighted by molar-refractivity contribution is 7.79. The molecule has 0 spiro atoms. The van der Waals surface area contributed by atoms with E-state index in [1.54, 1.807) is 12.1 Å². The quantitative estimate of drug-likeness (QED) is 0.610. The van der Waals surface area contributed by atoms with Gasteiger partial charge in [-0.05, 0) is 29.3 Å². The Morgan fingerprint density at radius 1 is 1.23 bits per heavy atom. The van der Waals surface area contributed by atoms with E-state index in [0.29, 0.717) is 0 Å². The van der Waals surface area contributed by atoms with Crippen LogP contribution in [0.5, 0.6) is 0 Å². The summed E-state index contributed by atoms with van der Waals surface area (Å²) < 4.78 is 21.0. The minimum Gasteiger partial charge on any atom is -0.768 e. The largest absolute Gasteiger partial charge is 0.768 e. The number of hydrogen-bond acceptors (Lipinski definition) is 4. The molecule has 0 aromatic heterocycles. The first kappa shape index (κ1) is 9.40. The van der Waals surface area contributed by atoms with E-state index in [9.17, 15) is 8.76 Å². The molecule has 0 N–H and O–H groups in total. The van der Waals surface area contributed by atoms with Crippen molar-refractivity contribution in [3.63, 3.8) is 0 Å². The van der Waals surface area contributed by atoms with Crippen molar-refractivity contribution >= 4 is 11.1 Å². The van der Waals surface area contributed by atoms with Gasteiger partial charge < -0.3 is 4.55 Å². The van der Waals surface area contributed by atoms with Crippen molar-refractivity contribution in [2.75, 3.05) is 0 Å². The van der Waals surface area contributed by atoms with Crippen LogP contribution in [0.1, 0.15) is 11.1 Å². The number of nitrogens with zero attached hydrogens (tertiary/aromatic N) is 2. The monoisotopic (exact) mass is 191 g/mol. The molecule has 0 aliphatic rings. The fraction of sp³-hybridized carbons (Fsp3) is 0. The first-order chi connectivity index (χ1) is 6.19. The Morgan fingerprint density at radius 2 is 1.85 bits per heavy atom. The zero-order valence-electron chi connectivity index (χ0n) is 6.35. The molecule has 0 saturated carbocycles. The minimum atomic E-state index is -2.36. The third-order valence-electron chi connectivity index (χ3n) is 1.42. The van der Waals surface area contributed by atoms with E-state index in [2.05, 4.69) is 0 Å². The summed E-state index contributed by atoms with van der Waals surface area (Å²) in [6.07, 6.45) is 0. The van der Waals surface area contributed by atoms with Crippen LogP contribution in [0, 0.1) is 22.7 Å². The molecule has 1 unspecified atom stereocenters. The van der Waals surface area contributed by atoms with Crippen LogP contribution in [0.4, 0.5) is 0 Å². The molecular formula is C8H3N2O2S-. The summed E-state index contributed by atoms with van der Waals surface area (Å²) in [5.74, 6) is 0. The molecule has 0 heterocycles. The van der Waals surface area contributed by atoms with Crippen molar-refractivity contribution in [1.29, 1.82) is 10.5 Å². The van der Waals surface area contributed by atoms with Gasteiger partial charge in [0.25, 0.3) is 0 Å². The second-order valence-corrected chi connectivity index (χ2v) is 3.11. The second kappa shape index (κ2) is 3.81. The van der Waals surface area contributed by atoms with Crippen LogP contribution < -0.4 is 0 Å². The first-order valence-electron chi connectivity index (χ1n) is 3.22. The molecule has 0 aliphatic carbocycles. The molecule has 64 valence electrons. The van der Waals surface area contributed by atoms with E-state index in [0.717, 1.165) is 0 Å². The minimum absolute atomic E-state index is 0.00977. The molecule has 0 radical (unpaired) electrons. The highest BCUT2D eigenvalue weighted by Crippen LogP contribution is 2.12. The third-order valence-corrected chi connectivity index (χ3v) is 2.06. The lowest BCUT2D eigenvalue weighted by molar-refractivity contribution is 0.537. The summed E-state index contributed by atoms with van der Waals surface area (Å²) in [4.78, 5) is 0.00977. The zero-order chi connectivity index (χ0) is 9.84. The molecule has 0 aliphatic heterocycles. The standard InChI is InChI=1S/C8H4N2O2S/c9-4-6-1-2-8(13(11)12)3-7(6)5-10/h1-3H,(H,11,12)/p-1. The van der Waals surface area contributed by atoms with Crippen LogP contribution >= 0.6 is 0 Å². The lowest BCUT2D eigenvalue weighted by Crippen LogP contribution is -1.91. The van der Waals surface area contributed by atoms with Crippen molar-refractivity contribution in [2.24, 2.45) is 0 Å². The normalized spacial score (nSPS) is 11.3. The van der Waals surface area contributed by atoms with Crippen LogP contribution in [0.3, 0.4) is 0 Å². The van der Waals surface area contributed by atoms with E-state index in [4.69, 9.17) is 10.5 Å². The van der Waals surface area contributed by atoms with E-state index in [-0.39, 0.29) is 16.0 Å². The van der Waals surface area contributed by atoms with Crippen molar-refractivity contribution in [1.82, 2.24) is 0 Å². The highest BCUT2D eigenvalue weighted by atomic mass is 32.2. The Morgan fingerprint density at radius 3 is 2.31 bits per heavy atom. The maximum Gasteiger partial charge on any atom is 0.101 e. The Hall–Kier alpha value is -1.69. The van der Waals surface area contributed by atoms with Gasteiger partial charge in [0.2, 0.25) is 0 Å². The molecule has 1 aromatic rings. The van der Waals surface area contributed by atoms with Gasteiger partial charge in [0, 0.05) is 4.90 Å². The van der Waals surface area contributed by atoms with Gasteiger partial charge in [0.15, 0.2) is 0 Å². The lowest BCUT2D eigenvalue weighted by Gasteiger charge is -2.04. The van der Waals surface area contributed by atoms with Crippen LogP contribution in [-0.4, -0.2) is 8.76 Å². The first-order valence-corrected chi connectivity index (χ1v) is 4.30. The average Bonchev–Trinajstić information content (AvgIpc) is 2.16. The molecule has 4 nitrogen and oxygen atoms in total. The topological polar surface area (TPSA) is 87.7 Å². The van der Waals surface area contributed by atoms with E-state index >= 15 is 0 Å². The van der Waals surface area contributed by atoms with Crippen LogP contribution in [0.15, 0.2) is 23.1 Å². The molecule has 0 bridgehead atoms.